The number of ether oxygens (including phenoxy) is 1. The summed E-state index contributed by atoms with van der Waals surface area (Å²) in [6.45, 7) is 8.82. The van der Waals surface area contributed by atoms with Crippen LogP contribution >= 0.6 is 0 Å². The summed E-state index contributed by atoms with van der Waals surface area (Å²) in [4.78, 5) is 13.0. The minimum atomic E-state index is -0.977. The van der Waals surface area contributed by atoms with Gasteiger partial charge >= 0.3 is 5.97 Å². The molecule has 0 bridgehead atoms. The van der Waals surface area contributed by atoms with E-state index in [0.717, 1.165) is 42.9 Å². The predicted molar refractivity (Wildman–Crippen MR) is 106 cm³/mol. The Morgan fingerprint density at radius 3 is 2.56 bits per heavy atom. The highest BCUT2D eigenvalue weighted by Gasteiger charge is 2.59. The first kappa shape index (κ1) is 21.1. The molecule has 4 nitrogen and oxygen atoms in total. The smallest absolute Gasteiger partial charge is 0.312 e. The molecular weight excluding hydrogens is 340 g/mol. The van der Waals surface area contributed by atoms with Gasteiger partial charge in [0.2, 0.25) is 0 Å². The first-order valence-electron chi connectivity index (χ1n) is 11.2. The van der Waals surface area contributed by atoms with E-state index in [0.29, 0.717) is 5.92 Å². The highest BCUT2D eigenvalue weighted by molar-refractivity contribution is 5.77. The van der Waals surface area contributed by atoms with Crippen molar-refractivity contribution in [2.24, 2.45) is 40.4 Å². The maximum atomic E-state index is 13.0. The molecule has 7 atom stereocenters. The Bertz CT molecular complexity index is 532. The van der Waals surface area contributed by atoms with Crippen molar-refractivity contribution in [2.45, 2.75) is 85.2 Å². The molecule has 0 spiro atoms. The van der Waals surface area contributed by atoms with Gasteiger partial charge < -0.3 is 14.9 Å². The molecule has 3 rings (SSSR count). The number of esters is 1. The van der Waals surface area contributed by atoms with E-state index < -0.39 is 11.5 Å². The van der Waals surface area contributed by atoms with Gasteiger partial charge in [-0.1, -0.05) is 27.2 Å². The molecule has 156 valence electrons. The van der Waals surface area contributed by atoms with E-state index in [1.54, 1.807) is 0 Å². The summed E-state index contributed by atoms with van der Waals surface area (Å²) in [5.74, 6) is 3.41. The number of aliphatic hydroxyl groups is 2. The molecule has 0 aromatic carbocycles. The number of hydrogen-bond donors (Lipinski definition) is 2. The second-order valence-corrected chi connectivity index (χ2v) is 10.5. The van der Waals surface area contributed by atoms with Gasteiger partial charge in [0.25, 0.3) is 0 Å². The molecular formula is C23H40O4. The third-order valence-electron chi connectivity index (χ3n) is 8.70. The first-order chi connectivity index (χ1) is 12.7. The molecule has 3 saturated carbocycles. The number of carbonyl (C=O) groups excluding carboxylic acids is 1. The first-order valence-corrected chi connectivity index (χ1v) is 11.2. The average molecular weight is 381 g/mol. The average Bonchev–Trinajstić information content (AvgIpc) is 2.65. The van der Waals surface area contributed by atoms with Gasteiger partial charge in [0.15, 0.2) is 0 Å². The fourth-order valence-corrected chi connectivity index (χ4v) is 7.11. The number of hydrogen-bond acceptors (Lipinski definition) is 4. The van der Waals surface area contributed by atoms with Crippen molar-refractivity contribution >= 4 is 5.97 Å². The SMILES string of the molecule is CC(C)C1CCC2C(CCC3C(C)(C(=O)OCC(O)CO)CCCC23C)C1. The van der Waals surface area contributed by atoms with Crippen molar-refractivity contribution in [3.63, 3.8) is 0 Å². The number of rotatable bonds is 5. The molecule has 7 unspecified atom stereocenters. The Balaban J connectivity index is 1.76. The van der Waals surface area contributed by atoms with Crippen molar-refractivity contribution in [1.82, 2.24) is 0 Å². The lowest BCUT2D eigenvalue weighted by molar-refractivity contribution is -0.182. The maximum absolute atomic E-state index is 13.0. The zero-order valence-corrected chi connectivity index (χ0v) is 17.7. The number of carbonyl (C=O) groups is 1. The number of aliphatic hydroxyl groups excluding tert-OH is 2. The second-order valence-electron chi connectivity index (χ2n) is 10.5. The monoisotopic (exact) mass is 380 g/mol. The molecule has 3 fully saturated rings. The van der Waals surface area contributed by atoms with Crippen LogP contribution < -0.4 is 0 Å². The molecule has 2 N–H and O–H groups in total. The molecule has 0 amide bonds. The Morgan fingerprint density at radius 1 is 1.15 bits per heavy atom. The van der Waals surface area contributed by atoms with E-state index in [9.17, 15) is 9.90 Å². The Labute approximate surface area is 165 Å². The van der Waals surface area contributed by atoms with Gasteiger partial charge in [-0.25, -0.2) is 0 Å². The van der Waals surface area contributed by atoms with Crippen LogP contribution in [0, 0.1) is 40.4 Å². The zero-order chi connectivity index (χ0) is 19.8. The van der Waals surface area contributed by atoms with Crippen LogP contribution in [0.2, 0.25) is 0 Å². The number of fused-ring (bicyclic) bond motifs is 3. The van der Waals surface area contributed by atoms with Crippen LogP contribution in [0.4, 0.5) is 0 Å². The van der Waals surface area contributed by atoms with Crippen molar-refractivity contribution in [3.8, 4) is 0 Å². The minimum absolute atomic E-state index is 0.101. The van der Waals surface area contributed by atoms with E-state index in [-0.39, 0.29) is 24.6 Å². The van der Waals surface area contributed by atoms with Crippen molar-refractivity contribution in [1.29, 1.82) is 0 Å². The van der Waals surface area contributed by atoms with E-state index in [1.807, 2.05) is 0 Å². The molecule has 0 aromatic rings. The van der Waals surface area contributed by atoms with Gasteiger partial charge in [-0.15, -0.1) is 0 Å². The topological polar surface area (TPSA) is 66.8 Å². The fourth-order valence-electron chi connectivity index (χ4n) is 7.11. The van der Waals surface area contributed by atoms with Crippen molar-refractivity contribution in [2.75, 3.05) is 13.2 Å². The largest absolute Gasteiger partial charge is 0.462 e. The highest BCUT2D eigenvalue weighted by Crippen LogP contribution is 2.64. The van der Waals surface area contributed by atoms with Crippen LogP contribution in [0.25, 0.3) is 0 Å². The summed E-state index contributed by atoms with van der Waals surface area (Å²) in [6, 6.07) is 0. The van der Waals surface area contributed by atoms with Crippen LogP contribution in [0.15, 0.2) is 0 Å². The lowest BCUT2D eigenvalue weighted by Crippen LogP contribution is -2.56. The van der Waals surface area contributed by atoms with Crippen LogP contribution in [0.3, 0.4) is 0 Å². The molecule has 0 aromatic heterocycles. The quantitative estimate of drug-likeness (QED) is 0.702. The van der Waals surface area contributed by atoms with E-state index >= 15 is 0 Å². The molecule has 0 heterocycles. The van der Waals surface area contributed by atoms with Crippen LogP contribution in [-0.2, 0) is 9.53 Å². The summed E-state index contributed by atoms with van der Waals surface area (Å²) >= 11 is 0. The van der Waals surface area contributed by atoms with Gasteiger partial charge in [0.05, 0.1) is 12.0 Å². The van der Waals surface area contributed by atoms with Crippen molar-refractivity contribution in [3.05, 3.63) is 0 Å². The van der Waals surface area contributed by atoms with E-state index in [4.69, 9.17) is 9.84 Å². The Hall–Kier alpha value is -0.610. The molecule has 0 saturated heterocycles. The fraction of sp³-hybridized carbons (Fsp3) is 0.957. The molecule has 3 aliphatic rings. The maximum Gasteiger partial charge on any atom is 0.312 e. The van der Waals surface area contributed by atoms with Crippen LogP contribution in [0.5, 0.6) is 0 Å². The summed E-state index contributed by atoms with van der Waals surface area (Å²) in [5.41, 5.74) is -0.228. The predicted octanol–water partition coefficient (Wildman–Crippen LogP) is 4.18. The van der Waals surface area contributed by atoms with E-state index in [1.165, 1.54) is 32.1 Å². The Kier molecular flexibility index (Phi) is 6.27. The normalized spacial score (nSPS) is 42.9. The lowest BCUT2D eigenvalue weighted by Gasteiger charge is -2.61. The zero-order valence-electron chi connectivity index (χ0n) is 17.7. The van der Waals surface area contributed by atoms with E-state index in [2.05, 4.69) is 27.7 Å². The summed E-state index contributed by atoms with van der Waals surface area (Å²) in [7, 11) is 0. The molecule has 0 radical (unpaired) electrons. The lowest BCUT2D eigenvalue weighted by atomic mass is 9.43. The summed E-state index contributed by atoms with van der Waals surface area (Å²) in [6.07, 6.45) is 8.61. The van der Waals surface area contributed by atoms with Gasteiger partial charge in [0.1, 0.15) is 12.7 Å². The third-order valence-corrected chi connectivity index (χ3v) is 8.70. The van der Waals surface area contributed by atoms with Crippen LogP contribution in [0.1, 0.15) is 79.1 Å². The Morgan fingerprint density at radius 2 is 1.89 bits per heavy atom. The minimum Gasteiger partial charge on any atom is -0.462 e. The highest BCUT2D eigenvalue weighted by atomic mass is 16.5. The third kappa shape index (κ3) is 3.81. The summed E-state index contributed by atoms with van der Waals surface area (Å²) in [5, 5.41) is 18.6. The molecule has 4 heteroatoms. The summed E-state index contributed by atoms with van der Waals surface area (Å²) < 4.78 is 5.47. The van der Waals surface area contributed by atoms with Gasteiger partial charge in [-0.05, 0) is 86.9 Å². The molecule has 3 aliphatic carbocycles. The molecule has 0 aliphatic heterocycles. The van der Waals surface area contributed by atoms with Gasteiger partial charge in [0, 0.05) is 0 Å². The molecule has 27 heavy (non-hydrogen) atoms. The standard InChI is InChI=1S/C23H40O4/c1-15(2)16-6-8-19-17(12-16)7-9-20-22(19,3)10-5-11-23(20,4)21(26)27-14-18(25)13-24/h15-20,24-25H,5-14H2,1-4H3. The van der Waals surface area contributed by atoms with Gasteiger partial charge in [-0.2, -0.15) is 0 Å². The van der Waals surface area contributed by atoms with Gasteiger partial charge in [-0.3, -0.25) is 4.79 Å². The van der Waals surface area contributed by atoms with Crippen molar-refractivity contribution < 1.29 is 19.7 Å². The second kappa shape index (κ2) is 8.02. The van der Waals surface area contributed by atoms with Crippen LogP contribution in [-0.4, -0.2) is 35.5 Å².